The molecular formula is C13H18N4O2S2. The zero-order valence-electron chi connectivity index (χ0n) is 12.4. The van der Waals surface area contributed by atoms with Gasteiger partial charge in [-0.25, -0.2) is 4.79 Å². The fourth-order valence-electron chi connectivity index (χ4n) is 1.89. The Morgan fingerprint density at radius 2 is 2.33 bits per heavy atom. The van der Waals surface area contributed by atoms with Crippen LogP contribution in [0.3, 0.4) is 0 Å². The Hall–Kier alpha value is -1.67. The van der Waals surface area contributed by atoms with Crippen molar-refractivity contribution in [2.45, 2.75) is 18.4 Å². The van der Waals surface area contributed by atoms with Crippen LogP contribution in [-0.2, 0) is 18.3 Å². The number of nitrogens with zero attached hydrogens (tertiary/aromatic N) is 2. The van der Waals surface area contributed by atoms with Crippen LogP contribution in [0.1, 0.15) is 20.9 Å². The molecule has 0 amide bonds. The number of rotatable bonds is 5. The van der Waals surface area contributed by atoms with E-state index in [9.17, 15) is 4.79 Å². The molecule has 0 saturated carbocycles. The van der Waals surface area contributed by atoms with Crippen LogP contribution in [0.2, 0.25) is 0 Å². The lowest BCUT2D eigenvalue weighted by molar-refractivity contribution is 0.0607. The van der Waals surface area contributed by atoms with Crippen molar-refractivity contribution in [3.8, 4) is 0 Å². The third-order valence-electron chi connectivity index (χ3n) is 3.25. The minimum absolute atomic E-state index is 0.404. The van der Waals surface area contributed by atoms with Crippen LogP contribution in [0.25, 0.3) is 0 Å². The Kier molecular flexibility index (Phi) is 4.79. The highest BCUT2D eigenvalue weighted by Crippen LogP contribution is 2.42. The van der Waals surface area contributed by atoms with E-state index in [4.69, 9.17) is 10.5 Å². The number of thioether (sulfide) groups is 1. The summed E-state index contributed by atoms with van der Waals surface area (Å²) in [6, 6.07) is 0. The Balaban J connectivity index is 2.23. The zero-order valence-corrected chi connectivity index (χ0v) is 14.0. The number of nitrogen functional groups attached to an aromatic ring is 1. The van der Waals surface area contributed by atoms with Gasteiger partial charge in [0, 0.05) is 24.8 Å². The second-order valence-corrected chi connectivity index (χ2v) is 6.27. The van der Waals surface area contributed by atoms with Crippen LogP contribution in [0.5, 0.6) is 0 Å². The van der Waals surface area contributed by atoms with Crippen LogP contribution < -0.4 is 11.1 Å². The van der Waals surface area contributed by atoms with E-state index in [1.807, 2.05) is 31.1 Å². The number of esters is 1. The molecule has 0 aliphatic rings. The Labute approximate surface area is 131 Å². The molecule has 0 unspecified atom stereocenters. The molecule has 0 saturated heterocycles. The van der Waals surface area contributed by atoms with Crippen LogP contribution in [0.4, 0.5) is 10.7 Å². The van der Waals surface area contributed by atoms with Crippen molar-refractivity contribution in [1.82, 2.24) is 9.78 Å². The van der Waals surface area contributed by atoms with Crippen LogP contribution in [0.15, 0.2) is 11.1 Å². The molecule has 0 aliphatic heterocycles. The number of carbonyl (C=O) groups excluding carboxylic acids is 1. The molecule has 114 valence electrons. The average molecular weight is 326 g/mol. The number of aromatic nitrogens is 2. The molecule has 21 heavy (non-hydrogen) atoms. The van der Waals surface area contributed by atoms with Crippen LogP contribution >= 0.6 is 23.1 Å². The molecule has 0 aromatic carbocycles. The minimum atomic E-state index is -0.404. The first-order chi connectivity index (χ1) is 9.99. The van der Waals surface area contributed by atoms with Crippen molar-refractivity contribution in [3.63, 3.8) is 0 Å². The Bertz CT molecular complexity index is 663. The summed E-state index contributed by atoms with van der Waals surface area (Å²) in [6.45, 7) is 2.65. The standard InChI is InChI=1S/C13H18N4O2S2/c1-7-8(6-16-17(7)2)5-15-12-10(20-4)9(14)11(21-12)13(18)19-3/h6,15H,5,14H2,1-4H3. The summed E-state index contributed by atoms with van der Waals surface area (Å²) in [5.41, 5.74) is 8.71. The predicted molar refractivity (Wildman–Crippen MR) is 87.1 cm³/mol. The first-order valence-corrected chi connectivity index (χ1v) is 8.29. The number of hydrogen-bond donors (Lipinski definition) is 2. The highest BCUT2D eigenvalue weighted by Gasteiger charge is 2.21. The van der Waals surface area contributed by atoms with Gasteiger partial charge in [-0.3, -0.25) is 4.68 Å². The zero-order chi connectivity index (χ0) is 15.6. The smallest absolute Gasteiger partial charge is 0.350 e. The summed E-state index contributed by atoms with van der Waals surface area (Å²) in [5.74, 6) is -0.404. The van der Waals surface area contributed by atoms with Gasteiger partial charge in [-0.05, 0) is 13.2 Å². The Morgan fingerprint density at radius 1 is 1.62 bits per heavy atom. The van der Waals surface area contributed by atoms with E-state index in [1.54, 1.807) is 0 Å². The molecular weight excluding hydrogens is 308 g/mol. The first kappa shape index (κ1) is 15.7. The van der Waals surface area contributed by atoms with Crippen molar-refractivity contribution in [2.75, 3.05) is 24.4 Å². The highest BCUT2D eigenvalue weighted by atomic mass is 32.2. The van der Waals surface area contributed by atoms with Gasteiger partial charge < -0.3 is 15.8 Å². The van der Waals surface area contributed by atoms with Gasteiger partial charge in [-0.1, -0.05) is 0 Å². The molecule has 0 aliphatic carbocycles. The van der Waals surface area contributed by atoms with E-state index in [1.165, 1.54) is 30.2 Å². The molecule has 2 rings (SSSR count). The third-order valence-corrected chi connectivity index (χ3v) is 5.36. The third kappa shape index (κ3) is 3.01. The van der Waals surface area contributed by atoms with Gasteiger partial charge in [0.25, 0.3) is 0 Å². The molecule has 0 atom stereocenters. The van der Waals surface area contributed by atoms with Crippen LogP contribution in [-0.4, -0.2) is 29.1 Å². The second-order valence-electron chi connectivity index (χ2n) is 4.43. The Morgan fingerprint density at radius 3 is 2.86 bits per heavy atom. The minimum Gasteiger partial charge on any atom is -0.465 e. The summed E-state index contributed by atoms with van der Waals surface area (Å²) in [6.07, 6.45) is 3.76. The van der Waals surface area contributed by atoms with Crippen LogP contribution in [0, 0.1) is 6.92 Å². The van der Waals surface area contributed by atoms with Crippen molar-refractivity contribution < 1.29 is 9.53 Å². The number of thiophene rings is 1. The number of hydrogen-bond acceptors (Lipinski definition) is 7. The number of nitrogens with one attached hydrogen (secondary N) is 1. The van der Waals surface area contributed by atoms with E-state index >= 15 is 0 Å². The molecule has 6 nitrogen and oxygen atoms in total. The van der Waals surface area contributed by atoms with Gasteiger partial charge in [0.1, 0.15) is 9.88 Å². The molecule has 8 heteroatoms. The highest BCUT2D eigenvalue weighted by molar-refractivity contribution is 7.99. The number of methoxy groups -OCH3 is 1. The van der Waals surface area contributed by atoms with Gasteiger partial charge in [-0.15, -0.1) is 23.1 Å². The summed E-state index contributed by atoms with van der Waals surface area (Å²) >= 11 is 2.83. The topological polar surface area (TPSA) is 82.2 Å². The molecule has 2 aromatic rings. The second kappa shape index (κ2) is 6.40. The maximum absolute atomic E-state index is 11.7. The quantitative estimate of drug-likeness (QED) is 0.649. The van der Waals surface area contributed by atoms with Crippen molar-refractivity contribution >= 4 is 39.8 Å². The van der Waals surface area contributed by atoms with E-state index in [0.717, 1.165) is 21.2 Å². The average Bonchev–Trinajstić information content (AvgIpc) is 2.97. The monoisotopic (exact) mass is 326 g/mol. The SMILES string of the molecule is COC(=O)c1sc(NCc2cnn(C)c2C)c(SC)c1N. The van der Waals surface area contributed by atoms with E-state index < -0.39 is 5.97 Å². The summed E-state index contributed by atoms with van der Waals surface area (Å²) in [4.78, 5) is 13.0. The molecule has 0 radical (unpaired) electrons. The van der Waals surface area contributed by atoms with Gasteiger partial charge in [0.15, 0.2) is 0 Å². The van der Waals surface area contributed by atoms with Gasteiger partial charge >= 0.3 is 5.97 Å². The first-order valence-electron chi connectivity index (χ1n) is 6.25. The number of nitrogens with two attached hydrogens (primary N) is 1. The fourth-order valence-corrected chi connectivity index (χ4v) is 3.83. The van der Waals surface area contributed by atoms with E-state index in [-0.39, 0.29) is 0 Å². The predicted octanol–water partition coefficient (Wildman–Crippen LogP) is 2.49. The number of aryl methyl sites for hydroxylation is 1. The molecule has 2 aromatic heterocycles. The largest absolute Gasteiger partial charge is 0.465 e. The molecule has 0 bridgehead atoms. The van der Waals surface area contributed by atoms with Crippen molar-refractivity contribution in [3.05, 3.63) is 22.3 Å². The van der Waals surface area contributed by atoms with E-state index in [2.05, 4.69) is 10.4 Å². The lowest BCUT2D eigenvalue weighted by atomic mass is 10.2. The maximum Gasteiger partial charge on any atom is 0.350 e. The summed E-state index contributed by atoms with van der Waals surface area (Å²) in [5, 5.41) is 8.42. The van der Waals surface area contributed by atoms with E-state index in [0.29, 0.717) is 17.1 Å². The normalized spacial score (nSPS) is 10.7. The fraction of sp³-hybridized carbons (Fsp3) is 0.385. The van der Waals surface area contributed by atoms with Crippen molar-refractivity contribution in [2.24, 2.45) is 7.05 Å². The molecule has 3 N–H and O–H groups in total. The van der Waals surface area contributed by atoms with Gasteiger partial charge in [-0.2, -0.15) is 5.10 Å². The molecule has 2 heterocycles. The lowest BCUT2D eigenvalue weighted by Gasteiger charge is -2.06. The van der Waals surface area contributed by atoms with Gasteiger partial charge in [0.2, 0.25) is 0 Å². The van der Waals surface area contributed by atoms with Crippen molar-refractivity contribution in [1.29, 1.82) is 0 Å². The summed E-state index contributed by atoms with van der Waals surface area (Å²) in [7, 11) is 3.26. The molecule has 0 spiro atoms. The maximum atomic E-state index is 11.7. The molecule has 0 fully saturated rings. The van der Waals surface area contributed by atoms with Gasteiger partial charge in [0.05, 0.1) is 23.9 Å². The summed E-state index contributed by atoms with van der Waals surface area (Å²) < 4.78 is 6.58. The number of ether oxygens (including phenoxy) is 1. The number of anilines is 2. The lowest BCUT2D eigenvalue weighted by Crippen LogP contribution is -2.02. The number of carbonyl (C=O) groups is 1.